The smallest absolute Gasteiger partial charge is 0.123 e. The standard InChI is InChI=1S/C41H50OS.C3H8/c1-5-16-32(7-3)30-35-25-27-37(35)38-22-15-18-31(4)36(38)21-13-8-9-14-29-42-40-28-26-34(41(43)39(40)17-6-2)24-23-33-19-11-10-12-20-33;1-3-2/h10-13,15,18-24,26,28,35,37,43H,3,5-6,8-9,14,16-17,25,27,29-30H2,1-2,4H3;3H2,1-2H3/b21-13-,24-23+;. The van der Waals surface area contributed by atoms with E-state index in [9.17, 15) is 0 Å². The van der Waals surface area contributed by atoms with Gasteiger partial charge in [0.25, 0.3) is 0 Å². The average molecular weight is 635 g/mol. The molecule has 0 aromatic heterocycles. The highest BCUT2D eigenvalue weighted by Crippen LogP contribution is 2.47. The van der Waals surface area contributed by atoms with E-state index in [0.29, 0.717) is 5.92 Å². The van der Waals surface area contributed by atoms with Crippen LogP contribution in [0.15, 0.2) is 89.5 Å². The molecule has 0 saturated heterocycles. The number of rotatable bonds is 16. The first-order valence-electron chi connectivity index (χ1n) is 17.8. The molecule has 0 aliphatic heterocycles. The van der Waals surface area contributed by atoms with Gasteiger partial charge in [-0.3, -0.25) is 0 Å². The van der Waals surface area contributed by atoms with Gasteiger partial charge in [-0.1, -0.05) is 132 Å². The van der Waals surface area contributed by atoms with Crippen LogP contribution >= 0.6 is 12.6 Å². The minimum absolute atomic E-state index is 0.655. The summed E-state index contributed by atoms with van der Waals surface area (Å²) in [5.41, 5.74) is 12.5. The van der Waals surface area contributed by atoms with Gasteiger partial charge in [0.15, 0.2) is 0 Å². The molecule has 0 N–H and O–H groups in total. The normalized spacial score (nSPS) is 15.7. The van der Waals surface area contributed by atoms with Gasteiger partial charge in [0.05, 0.1) is 6.61 Å². The van der Waals surface area contributed by atoms with Crippen molar-refractivity contribution in [3.63, 3.8) is 0 Å². The zero-order valence-corrected chi connectivity index (χ0v) is 30.2. The van der Waals surface area contributed by atoms with Crippen LogP contribution in [0.2, 0.25) is 0 Å². The molecule has 1 aliphatic carbocycles. The van der Waals surface area contributed by atoms with E-state index in [1.807, 2.05) is 6.07 Å². The summed E-state index contributed by atoms with van der Waals surface area (Å²) in [5.74, 6) is 2.36. The molecule has 3 aromatic rings. The van der Waals surface area contributed by atoms with Crippen molar-refractivity contribution in [3.05, 3.63) is 118 Å². The fourth-order valence-electron chi connectivity index (χ4n) is 6.25. The molecule has 0 bridgehead atoms. The first-order chi connectivity index (χ1) is 22.5. The quantitative estimate of drug-likeness (QED) is 0.0714. The van der Waals surface area contributed by atoms with Crippen LogP contribution in [0, 0.1) is 12.8 Å². The predicted octanol–water partition coefficient (Wildman–Crippen LogP) is 13.5. The Balaban J connectivity index is 0.00000185. The number of thiol groups is 1. The van der Waals surface area contributed by atoms with Gasteiger partial charge >= 0.3 is 0 Å². The van der Waals surface area contributed by atoms with E-state index in [1.165, 1.54) is 59.1 Å². The Morgan fingerprint density at radius 2 is 1.70 bits per heavy atom. The van der Waals surface area contributed by atoms with E-state index in [0.717, 1.165) is 73.7 Å². The molecule has 0 spiro atoms. The molecule has 2 heteroatoms. The predicted molar refractivity (Wildman–Crippen MR) is 206 cm³/mol. The molecule has 3 aromatic carbocycles. The maximum Gasteiger partial charge on any atom is 0.123 e. The van der Waals surface area contributed by atoms with Crippen LogP contribution in [0.4, 0.5) is 0 Å². The van der Waals surface area contributed by atoms with Gasteiger partial charge in [-0.25, -0.2) is 0 Å². The molecule has 1 fully saturated rings. The molecule has 1 aliphatic rings. The number of unbranched alkanes of at least 4 members (excludes halogenated alkanes) is 2. The van der Waals surface area contributed by atoms with Crippen molar-refractivity contribution in [2.45, 2.75) is 116 Å². The number of aryl methyl sites for hydroxylation is 1. The van der Waals surface area contributed by atoms with Gasteiger partial charge < -0.3 is 4.74 Å². The first-order valence-corrected chi connectivity index (χ1v) is 18.3. The summed E-state index contributed by atoms with van der Waals surface area (Å²) in [7, 11) is 0. The van der Waals surface area contributed by atoms with Gasteiger partial charge in [0, 0.05) is 10.5 Å². The highest BCUT2D eigenvalue weighted by molar-refractivity contribution is 7.80. The third-order valence-corrected chi connectivity index (χ3v) is 9.35. The fraction of sp³-hybridized carbons (Fsp3) is 0.432. The molecular formula is C44H58OS. The lowest BCUT2D eigenvalue weighted by Crippen LogP contribution is -2.25. The van der Waals surface area contributed by atoms with Crippen LogP contribution in [0.3, 0.4) is 0 Å². The van der Waals surface area contributed by atoms with Crippen molar-refractivity contribution in [2.75, 3.05) is 6.61 Å². The van der Waals surface area contributed by atoms with Crippen molar-refractivity contribution in [1.82, 2.24) is 0 Å². The second kappa shape index (κ2) is 20.8. The molecule has 1 saturated carbocycles. The summed E-state index contributed by atoms with van der Waals surface area (Å²) in [6, 6.07) is 21.5. The van der Waals surface area contributed by atoms with Crippen molar-refractivity contribution in [1.29, 1.82) is 0 Å². The van der Waals surface area contributed by atoms with Crippen LogP contribution in [0.1, 0.15) is 131 Å². The zero-order valence-electron chi connectivity index (χ0n) is 29.3. The molecule has 0 amide bonds. The summed E-state index contributed by atoms with van der Waals surface area (Å²) >= 11 is 4.92. The summed E-state index contributed by atoms with van der Waals surface area (Å²) in [4.78, 5) is 1.03. The molecule has 0 radical (unpaired) electrons. The summed E-state index contributed by atoms with van der Waals surface area (Å²) in [5, 5.41) is 0. The molecule has 2 unspecified atom stereocenters. The van der Waals surface area contributed by atoms with Crippen LogP contribution in [0.25, 0.3) is 18.2 Å². The maximum absolute atomic E-state index is 6.31. The minimum Gasteiger partial charge on any atom is -0.493 e. The highest BCUT2D eigenvalue weighted by Gasteiger charge is 2.33. The van der Waals surface area contributed by atoms with Crippen molar-refractivity contribution in [2.24, 2.45) is 5.92 Å². The Morgan fingerprint density at radius 1 is 0.913 bits per heavy atom. The number of hydrogen-bond donors (Lipinski definition) is 1. The highest BCUT2D eigenvalue weighted by atomic mass is 32.1. The molecule has 1 nitrogen and oxygen atoms in total. The Kier molecular flexibility index (Phi) is 16.9. The largest absolute Gasteiger partial charge is 0.493 e. The number of allylic oxidation sites excluding steroid dienone is 2. The van der Waals surface area contributed by atoms with Gasteiger partial charge in [0.2, 0.25) is 0 Å². The molecule has 246 valence electrons. The van der Waals surface area contributed by atoms with Gasteiger partial charge in [0.1, 0.15) is 5.75 Å². The third kappa shape index (κ3) is 11.3. The molecule has 4 rings (SSSR count). The SMILES string of the molecule is C=C=C(CCC)CC1CCC1c1cccc(C)c1/C=C\CCCCOc1ccc(/C=C/c2ccccc2)c(S)c1CCC.CCC. The Hall–Kier alpha value is -3.19. The van der Waals surface area contributed by atoms with Crippen LogP contribution in [-0.2, 0) is 6.42 Å². The van der Waals surface area contributed by atoms with Crippen molar-refractivity contribution >= 4 is 30.9 Å². The lowest BCUT2D eigenvalue weighted by Gasteiger charge is -2.38. The average Bonchev–Trinajstić information content (AvgIpc) is 3.05. The van der Waals surface area contributed by atoms with Crippen LogP contribution in [-0.4, -0.2) is 6.61 Å². The van der Waals surface area contributed by atoms with Crippen molar-refractivity contribution in [3.8, 4) is 5.75 Å². The number of ether oxygens (including phenoxy) is 1. The van der Waals surface area contributed by atoms with Crippen molar-refractivity contribution < 1.29 is 4.74 Å². The van der Waals surface area contributed by atoms with E-state index in [-0.39, 0.29) is 0 Å². The van der Waals surface area contributed by atoms with Crippen LogP contribution in [0.5, 0.6) is 5.75 Å². The third-order valence-electron chi connectivity index (χ3n) is 8.82. The van der Waals surface area contributed by atoms with E-state index in [2.05, 4.69) is 126 Å². The molecule has 46 heavy (non-hydrogen) atoms. The summed E-state index contributed by atoms with van der Waals surface area (Å²) in [6.45, 7) is 15.6. The second-order valence-electron chi connectivity index (χ2n) is 12.7. The molecule has 0 heterocycles. The fourth-order valence-corrected chi connectivity index (χ4v) is 6.62. The monoisotopic (exact) mass is 634 g/mol. The maximum atomic E-state index is 6.31. The number of hydrogen-bond acceptors (Lipinski definition) is 2. The Bertz CT molecular complexity index is 1440. The molecule has 2 atom stereocenters. The van der Waals surface area contributed by atoms with E-state index < -0.39 is 0 Å². The van der Waals surface area contributed by atoms with E-state index in [1.54, 1.807) is 0 Å². The molecular weight excluding hydrogens is 577 g/mol. The van der Waals surface area contributed by atoms with Crippen LogP contribution < -0.4 is 4.74 Å². The topological polar surface area (TPSA) is 9.23 Å². The lowest BCUT2D eigenvalue weighted by molar-refractivity contribution is 0.251. The Labute approximate surface area is 287 Å². The Morgan fingerprint density at radius 3 is 2.37 bits per heavy atom. The lowest BCUT2D eigenvalue weighted by atomic mass is 9.66. The van der Waals surface area contributed by atoms with E-state index in [4.69, 9.17) is 17.4 Å². The number of benzene rings is 3. The van der Waals surface area contributed by atoms with Gasteiger partial charge in [-0.2, -0.15) is 0 Å². The minimum atomic E-state index is 0.655. The zero-order chi connectivity index (χ0) is 33.1. The summed E-state index contributed by atoms with van der Waals surface area (Å²) < 4.78 is 6.31. The second-order valence-corrected chi connectivity index (χ2v) is 13.1. The van der Waals surface area contributed by atoms with Gasteiger partial charge in [-0.05, 0) is 110 Å². The van der Waals surface area contributed by atoms with Gasteiger partial charge in [-0.15, -0.1) is 18.4 Å². The van der Waals surface area contributed by atoms with E-state index >= 15 is 0 Å². The summed E-state index contributed by atoms with van der Waals surface area (Å²) in [6.07, 6.45) is 21.6. The first kappa shape index (κ1) is 37.3.